The maximum absolute atomic E-state index is 12.3. The molecule has 1 amide bonds. The molecule has 0 unspecified atom stereocenters. The molecule has 1 aliphatic carbocycles. The summed E-state index contributed by atoms with van der Waals surface area (Å²) in [6.45, 7) is 5.29. The smallest absolute Gasteiger partial charge is 0.251 e. The number of hydrogen-bond acceptors (Lipinski definition) is 4. The van der Waals surface area contributed by atoms with Gasteiger partial charge in [-0.15, -0.1) is 0 Å². The van der Waals surface area contributed by atoms with Gasteiger partial charge < -0.3 is 19.9 Å². The van der Waals surface area contributed by atoms with Crippen molar-refractivity contribution in [3.63, 3.8) is 0 Å². The third-order valence-corrected chi connectivity index (χ3v) is 4.03. The van der Waals surface area contributed by atoms with E-state index < -0.39 is 23.6 Å². The average molecular weight is 303 g/mol. The molecular formula is C17H21NO4. The molecule has 1 aromatic carbocycles. The van der Waals surface area contributed by atoms with Crippen molar-refractivity contribution in [3.05, 3.63) is 48.0 Å². The summed E-state index contributed by atoms with van der Waals surface area (Å²) < 4.78 is 11.7. The number of hydrogen-bond donors (Lipinski definition) is 2. The fourth-order valence-corrected chi connectivity index (χ4v) is 2.96. The minimum absolute atomic E-state index is 0.177. The van der Waals surface area contributed by atoms with Crippen LogP contribution in [0, 0.1) is 0 Å². The van der Waals surface area contributed by atoms with Crippen LogP contribution in [0.15, 0.2) is 42.5 Å². The molecule has 0 radical (unpaired) electrons. The summed E-state index contributed by atoms with van der Waals surface area (Å²) in [5.41, 5.74) is -0.533. The number of rotatable bonds is 2. The lowest BCUT2D eigenvalue weighted by atomic mass is 9.85. The molecule has 4 atom stereocenters. The molecule has 118 valence electrons. The third kappa shape index (κ3) is 2.79. The van der Waals surface area contributed by atoms with Gasteiger partial charge in [0, 0.05) is 5.56 Å². The van der Waals surface area contributed by atoms with Crippen LogP contribution in [-0.4, -0.2) is 40.7 Å². The lowest BCUT2D eigenvalue weighted by Gasteiger charge is -2.36. The van der Waals surface area contributed by atoms with Crippen LogP contribution in [-0.2, 0) is 9.47 Å². The predicted molar refractivity (Wildman–Crippen MR) is 81.3 cm³/mol. The Morgan fingerprint density at radius 2 is 1.86 bits per heavy atom. The Morgan fingerprint density at radius 3 is 2.55 bits per heavy atom. The summed E-state index contributed by atoms with van der Waals surface area (Å²) in [5, 5.41) is 13.4. The molecule has 1 saturated heterocycles. The van der Waals surface area contributed by atoms with Gasteiger partial charge in [0.05, 0.1) is 6.04 Å². The topological polar surface area (TPSA) is 67.8 Å². The number of nitrogens with one attached hydrogen (secondary N) is 1. The maximum atomic E-state index is 12.3. The van der Waals surface area contributed by atoms with Crippen molar-refractivity contribution in [2.24, 2.45) is 0 Å². The quantitative estimate of drug-likeness (QED) is 0.815. The zero-order chi connectivity index (χ0) is 16.0. The molecule has 5 nitrogen and oxygen atoms in total. The van der Waals surface area contributed by atoms with E-state index in [2.05, 4.69) is 5.32 Å². The second-order valence-electron chi connectivity index (χ2n) is 6.47. The number of aliphatic hydroxyl groups is 1. The minimum Gasteiger partial charge on any atom is -0.383 e. The molecule has 0 saturated carbocycles. The fraction of sp³-hybridized carbons (Fsp3) is 0.471. The molecule has 1 heterocycles. The van der Waals surface area contributed by atoms with Gasteiger partial charge in [0.25, 0.3) is 5.91 Å². The van der Waals surface area contributed by atoms with Crippen LogP contribution in [0.2, 0.25) is 0 Å². The number of carbonyl (C=O) groups excluding carboxylic acids is 1. The molecule has 3 rings (SSSR count). The molecule has 1 aliphatic heterocycles. The predicted octanol–water partition coefficient (Wildman–Crippen LogP) is 1.63. The van der Waals surface area contributed by atoms with Gasteiger partial charge in [0.2, 0.25) is 0 Å². The molecule has 0 spiro atoms. The normalized spacial score (nSPS) is 35.9. The van der Waals surface area contributed by atoms with Crippen LogP contribution in [0.3, 0.4) is 0 Å². The first-order valence-electron chi connectivity index (χ1n) is 7.42. The number of fused-ring (bicyclic) bond motifs is 1. The summed E-state index contributed by atoms with van der Waals surface area (Å²) in [7, 11) is 0. The van der Waals surface area contributed by atoms with Gasteiger partial charge in [-0.25, -0.2) is 0 Å². The van der Waals surface area contributed by atoms with Crippen molar-refractivity contribution in [3.8, 4) is 0 Å². The van der Waals surface area contributed by atoms with Crippen molar-refractivity contribution in [2.45, 2.75) is 50.4 Å². The number of carbonyl (C=O) groups is 1. The molecule has 1 fully saturated rings. The van der Waals surface area contributed by atoms with E-state index in [0.717, 1.165) is 0 Å². The van der Waals surface area contributed by atoms with Crippen LogP contribution in [0.5, 0.6) is 0 Å². The van der Waals surface area contributed by atoms with Crippen LogP contribution in [0.4, 0.5) is 0 Å². The highest BCUT2D eigenvalue weighted by atomic mass is 16.8. The molecule has 5 heteroatoms. The Morgan fingerprint density at radius 1 is 1.18 bits per heavy atom. The monoisotopic (exact) mass is 303 g/mol. The molecule has 1 aromatic rings. The highest BCUT2D eigenvalue weighted by Gasteiger charge is 2.53. The zero-order valence-electron chi connectivity index (χ0n) is 12.9. The number of amides is 1. The zero-order valence-corrected chi connectivity index (χ0v) is 12.9. The molecule has 2 aliphatic rings. The van der Waals surface area contributed by atoms with E-state index in [1.165, 1.54) is 0 Å². The largest absolute Gasteiger partial charge is 0.383 e. The van der Waals surface area contributed by atoms with Crippen molar-refractivity contribution < 1.29 is 19.4 Å². The Kier molecular flexibility index (Phi) is 3.59. The Bertz CT molecular complexity index is 594. The van der Waals surface area contributed by atoms with E-state index in [4.69, 9.17) is 9.47 Å². The highest BCUT2D eigenvalue weighted by molar-refractivity contribution is 5.94. The Hall–Kier alpha value is -1.69. The van der Waals surface area contributed by atoms with E-state index in [9.17, 15) is 9.90 Å². The first-order valence-corrected chi connectivity index (χ1v) is 7.42. The second-order valence-corrected chi connectivity index (χ2v) is 6.47. The standard InChI is InChI=1S/C17H21NO4/c1-16(2)21-13-12(9-10-17(3,20)14(13)22-16)18-15(19)11-7-5-4-6-8-11/h4-10,12-14,20H,1-3H3,(H,18,19)/t12-,13+,14+,17+/m1/s1. The summed E-state index contributed by atoms with van der Waals surface area (Å²) in [6, 6.07) is 8.66. The van der Waals surface area contributed by atoms with Gasteiger partial charge in [-0.05, 0) is 32.9 Å². The van der Waals surface area contributed by atoms with Crippen molar-refractivity contribution in [1.29, 1.82) is 0 Å². The van der Waals surface area contributed by atoms with Gasteiger partial charge in [-0.3, -0.25) is 4.79 Å². The maximum Gasteiger partial charge on any atom is 0.251 e. The summed E-state index contributed by atoms with van der Waals surface area (Å²) >= 11 is 0. The van der Waals surface area contributed by atoms with E-state index in [1.54, 1.807) is 45.1 Å². The van der Waals surface area contributed by atoms with E-state index in [1.807, 2.05) is 18.2 Å². The van der Waals surface area contributed by atoms with E-state index in [-0.39, 0.29) is 11.9 Å². The van der Waals surface area contributed by atoms with Crippen LogP contribution in [0.1, 0.15) is 31.1 Å². The van der Waals surface area contributed by atoms with Crippen LogP contribution < -0.4 is 5.32 Å². The van der Waals surface area contributed by atoms with Crippen molar-refractivity contribution in [2.75, 3.05) is 0 Å². The molecule has 0 aromatic heterocycles. The minimum atomic E-state index is -1.12. The second kappa shape index (κ2) is 5.19. The van der Waals surface area contributed by atoms with E-state index >= 15 is 0 Å². The lowest BCUT2D eigenvalue weighted by molar-refractivity contribution is -0.160. The molecule has 0 bridgehead atoms. The fourth-order valence-electron chi connectivity index (χ4n) is 2.96. The molecule has 22 heavy (non-hydrogen) atoms. The van der Waals surface area contributed by atoms with Gasteiger partial charge in [0.15, 0.2) is 5.79 Å². The molecule has 2 N–H and O–H groups in total. The SMILES string of the molecule is CC1(C)O[C@H]2[C@H](NC(=O)c3ccccc3)C=C[C@](C)(O)[C@H]2O1. The van der Waals surface area contributed by atoms with Crippen LogP contribution >= 0.6 is 0 Å². The van der Waals surface area contributed by atoms with E-state index in [0.29, 0.717) is 5.56 Å². The van der Waals surface area contributed by atoms with Gasteiger partial charge in [-0.1, -0.05) is 30.4 Å². The summed E-state index contributed by atoms with van der Waals surface area (Å²) in [6.07, 6.45) is 2.48. The Labute approximate surface area is 129 Å². The highest BCUT2D eigenvalue weighted by Crippen LogP contribution is 2.39. The van der Waals surface area contributed by atoms with Crippen LogP contribution in [0.25, 0.3) is 0 Å². The van der Waals surface area contributed by atoms with Gasteiger partial charge in [0.1, 0.15) is 17.8 Å². The van der Waals surface area contributed by atoms with Crippen molar-refractivity contribution >= 4 is 5.91 Å². The number of benzene rings is 1. The summed E-state index contributed by atoms with van der Waals surface area (Å²) in [5.74, 6) is -0.968. The average Bonchev–Trinajstić information content (AvgIpc) is 2.80. The first kappa shape index (κ1) is 15.2. The number of ether oxygens (including phenoxy) is 2. The van der Waals surface area contributed by atoms with Crippen molar-refractivity contribution in [1.82, 2.24) is 5.32 Å². The summed E-state index contributed by atoms with van der Waals surface area (Å²) in [4.78, 5) is 12.3. The third-order valence-electron chi connectivity index (χ3n) is 4.03. The van der Waals surface area contributed by atoms with Gasteiger partial charge >= 0.3 is 0 Å². The van der Waals surface area contributed by atoms with Gasteiger partial charge in [-0.2, -0.15) is 0 Å². The Balaban J connectivity index is 1.81. The molecular weight excluding hydrogens is 282 g/mol. The lowest BCUT2D eigenvalue weighted by Crippen LogP contribution is -2.56. The first-order chi connectivity index (χ1) is 10.3.